The summed E-state index contributed by atoms with van der Waals surface area (Å²) < 4.78 is 33.3. The molecule has 4 heterocycles. The summed E-state index contributed by atoms with van der Waals surface area (Å²) in [6.07, 6.45) is 8.08. The van der Waals surface area contributed by atoms with Crippen LogP contribution < -0.4 is 4.74 Å². The molecule has 0 unspecified atom stereocenters. The smallest absolute Gasteiger partial charge is 0.387 e. The van der Waals surface area contributed by atoms with E-state index in [2.05, 4.69) is 9.97 Å². The molecule has 3 aliphatic rings. The number of nitrogens with zero attached hydrogens (tertiary/aromatic N) is 5. The third-order valence-corrected chi connectivity index (χ3v) is 8.06. The maximum atomic E-state index is 13.3. The van der Waals surface area contributed by atoms with Gasteiger partial charge < -0.3 is 14.7 Å². The van der Waals surface area contributed by atoms with Crippen molar-refractivity contribution >= 4 is 11.4 Å². The molecule has 1 amide bonds. The van der Waals surface area contributed by atoms with Gasteiger partial charge in [-0.05, 0) is 55.5 Å². The van der Waals surface area contributed by atoms with Gasteiger partial charge in [0.25, 0.3) is 5.91 Å². The summed E-state index contributed by atoms with van der Waals surface area (Å²) in [6.45, 7) is -3.00. The molecule has 188 valence electrons. The predicted molar refractivity (Wildman–Crippen MR) is 128 cm³/mol. The lowest BCUT2D eigenvalue weighted by Crippen LogP contribution is -2.35. The van der Waals surface area contributed by atoms with E-state index in [1.165, 1.54) is 6.07 Å². The molecule has 0 saturated heterocycles. The first-order chi connectivity index (χ1) is 17.8. The van der Waals surface area contributed by atoms with Crippen LogP contribution >= 0.6 is 0 Å². The molecule has 3 aromatic heterocycles. The van der Waals surface area contributed by atoms with Gasteiger partial charge in [-0.3, -0.25) is 4.79 Å². The molecule has 2 atom stereocenters. The molecular formula is C27H23F2N5O3. The molecule has 1 saturated carbocycles. The average molecular weight is 504 g/mol. The zero-order valence-corrected chi connectivity index (χ0v) is 19.9. The van der Waals surface area contributed by atoms with E-state index in [0.29, 0.717) is 36.2 Å². The first-order valence-electron chi connectivity index (χ1n) is 12.3. The number of hydrogen-bond acceptors (Lipinski definition) is 6. The number of carbonyl (C=O) groups excluding carboxylic acids is 1. The van der Waals surface area contributed by atoms with Crippen LogP contribution in [0.25, 0.3) is 16.6 Å². The molecule has 1 aromatic carbocycles. The molecule has 0 radical (unpaired) electrons. The third kappa shape index (κ3) is 3.21. The van der Waals surface area contributed by atoms with Crippen molar-refractivity contribution in [2.75, 3.05) is 7.05 Å². The van der Waals surface area contributed by atoms with Crippen molar-refractivity contribution in [2.24, 2.45) is 0 Å². The second kappa shape index (κ2) is 7.79. The maximum Gasteiger partial charge on any atom is 0.387 e. The molecular weight excluding hydrogens is 480 g/mol. The van der Waals surface area contributed by atoms with E-state index in [0.717, 1.165) is 34.3 Å². The van der Waals surface area contributed by atoms with Gasteiger partial charge in [-0.15, -0.1) is 0 Å². The molecule has 1 N–H and O–H groups in total. The Kier molecular flexibility index (Phi) is 4.69. The molecule has 1 fully saturated rings. The number of amides is 1. The number of aromatic nitrogens is 4. The van der Waals surface area contributed by atoms with Gasteiger partial charge >= 0.3 is 6.61 Å². The van der Waals surface area contributed by atoms with Crippen LogP contribution in [0.2, 0.25) is 0 Å². The number of pyridine rings is 1. The van der Waals surface area contributed by atoms with E-state index >= 15 is 0 Å². The standard InChI is InChI=1S/C27H23F2N5O3/c1-33-19-11-17(21-16(24(33)35)4-2-5-20(21)37-26(28)29)22-18-10-14(6-9-34(18)32-23(19)22)15-12-30-25(31-13-15)27(36)7-3-8-27/h2,4-6,9-10,12-13,17,19,26,36H,3,7-8,11H2,1H3/t17-,19-/m1/s1. The summed E-state index contributed by atoms with van der Waals surface area (Å²) in [7, 11) is 1.72. The van der Waals surface area contributed by atoms with Gasteiger partial charge in [0.05, 0.1) is 17.3 Å². The Morgan fingerprint density at radius 1 is 1.14 bits per heavy atom. The van der Waals surface area contributed by atoms with Crippen LogP contribution in [0.1, 0.15) is 70.6 Å². The highest BCUT2D eigenvalue weighted by Gasteiger charge is 2.46. The van der Waals surface area contributed by atoms with Crippen LogP contribution in [0.5, 0.6) is 5.75 Å². The van der Waals surface area contributed by atoms with Crippen LogP contribution in [0, 0.1) is 0 Å². The van der Waals surface area contributed by atoms with Gasteiger partial charge in [0.1, 0.15) is 11.4 Å². The van der Waals surface area contributed by atoms with Gasteiger partial charge in [0.15, 0.2) is 5.82 Å². The quantitative estimate of drug-likeness (QED) is 0.443. The number of fused-ring (bicyclic) bond motifs is 9. The molecule has 1 aliphatic heterocycles. The summed E-state index contributed by atoms with van der Waals surface area (Å²) >= 11 is 0. The second-order valence-corrected chi connectivity index (χ2v) is 10.0. The van der Waals surface area contributed by atoms with Gasteiger partial charge in [0, 0.05) is 53.8 Å². The summed E-state index contributed by atoms with van der Waals surface area (Å²) in [5.74, 6) is -0.120. The third-order valence-electron chi connectivity index (χ3n) is 8.06. The number of aliphatic hydroxyl groups is 1. The fraction of sp³-hybridized carbons (Fsp3) is 0.333. The Morgan fingerprint density at radius 3 is 2.62 bits per heavy atom. The van der Waals surface area contributed by atoms with Gasteiger partial charge in [-0.25, -0.2) is 14.5 Å². The molecule has 8 nitrogen and oxygen atoms in total. The van der Waals surface area contributed by atoms with E-state index in [9.17, 15) is 18.7 Å². The van der Waals surface area contributed by atoms with Crippen molar-refractivity contribution in [3.8, 4) is 16.9 Å². The highest BCUT2D eigenvalue weighted by Crippen LogP contribution is 2.53. The molecule has 2 bridgehead atoms. The second-order valence-electron chi connectivity index (χ2n) is 10.0. The van der Waals surface area contributed by atoms with E-state index in [1.54, 1.807) is 41.0 Å². The summed E-state index contributed by atoms with van der Waals surface area (Å²) in [5, 5.41) is 15.3. The Hall–Kier alpha value is -3.92. The normalized spacial score (nSPS) is 21.5. The van der Waals surface area contributed by atoms with Gasteiger partial charge in [-0.1, -0.05) is 6.07 Å². The van der Waals surface area contributed by atoms with Crippen molar-refractivity contribution in [1.82, 2.24) is 24.5 Å². The number of carbonyl (C=O) groups is 1. The molecule has 4 aromatic rings. The Bertz CT molecular complexity index is 1560. The highest BCUT2D eigenvalue weighted by molar-refractivity contribution is 5.98. The van der Waals surface area contributed by atoms with Crippen molar-refractivity contribution in [2.45, 2.75) is 49.9 Å². The average Bonchev–Trinajstić information content (AvgIpc) is 3.40. The van der Waals surface area contributed by atoms with Crippen molar-refractivity contribution in [3.63, 3.8) is 0 Å². The zero-order chi connectivity index (χ0) is 25.5. The number of alkyl halides is 2. The number of ether oxygens (including phenoxy) is 1. The zero-order valence-electron chi connectivity index (χ0n) is 19.9. The Morgan fingerprint density at radius 2 is 1.92 bits per heavy atom. The molecule has 0 spiro atoms. The van der Waals surface area contributed by atoms with E-state index in [-0.39, 0.29) is 23.6 Å². The first-order valence-corrected chi connectivity index (χ1v) is 12.3. The summed E-state index contributed by atoms with van der Waals surface area (Å²) in [6, 6.07) is 8.33. The van der Waals surface area contributed by atoms with Crippen molar-refractivity contribution in [3.05, 3.63) is 77.1 Å². The van der Waals surface area contributed by atoms with Crippen LogP contribution in [-0.2, 0) is 5.60 Å². The van der Waals surface area contributed by atoms with Crippen molar-refractivity contribution in [1.29, 1.82) is 0 Å². The minimum absolute atomic E-state index is 0.0150. The minimum atomic E-state index is -3.00. The van der Waals surface area contributed by atoms with E-state index in [4.69, 9.17) is 9.84 Å². The predicted octanol–water partition coefficient (Wildman–Crippen LogP) is 4.43. The monoisotopic (exact) mass is 503 g/mol. The first kappa shape index (κ1) is 22.3. The molecule has 2 aliphatic carbocycles. The number of hydrogen-bond donors (Lipinski definition) is 1. The fourth-order valence-corrected chi connectivity index (χ4v) is 5.99. The minimum Gasteiger partial charge on any atom is -0.434 e. The largest absolute Gasteiger partial charge is 0.434 e. The van der Waals surface area contributed by atoms with Gasteiger partial charge in [-0.2, -0.15) is 13.9 Å². The van der Waals surface area contributed by atoms with Crippen LogP contribution in [0.15, 0.2) is 48.9 Å². The van der Waals surface area contributed by atoms with Crippen LogP contribution in [0.3, 0.4) is 0 Å². The van der Waals surface area contributed by atoms with E-state index in [1.807, 2.05) is 18.3 Å². The summed E-state index contributed by atoms with van der Waals surface area (Å²) in [5.41, 5.74) is 4.05. The number of benzene rings is 1. The van der Waals surface area contributed by atoms with Crippen LogP contribution in [-0.4, -0.2) is 49.2 Å². The van der Waals surface area contributed by atoms with E-state index < -0.39 is 12.2 Å². The molecule has 10 heteroatoms. The van der Waals surface area contributed by atoms with Crippen LogP contribution in [0.4, 0.5) is 8.78 Å². The van der Waals surface area contributed by atoms with Gasteiger partial charge in [0.2, 0.25) is 0 Å². The fourth-order valence-electron chi connectivity index (χ4n) is 5.99. The highest BCUT2D eigenvalue weighted by atomic mass is 19.3. The lowest BCUT2D eigenvalue weighted by atomic mass is 9.79. The topological polar surface area (TPSA) is 92.9 Å². The number of halogens is 2. The van der Waals surface area contributed by atoms with Crippen molar-refractivity contribution < 1.29 is 23.4 Å². The molecule has 7 rings (SSSR count). The number of rotatable bonds is 4. The SMILES string of the molecule is CN1C(=O)c2cccc(OC(F)F)c2[C@H]2C[C@@H]1c1nn3ccc(-c4cnc(C5(O)CCC5)nc4)cc3c12. The summed E-state index contributed by atoms with van der Waals surface area (Å²) in [4.78, 5) is 23.8. The molecule has 37 heavy (non-hydrogen) atoms. The Labute approximate surface area is 210 Å². The Balaban J connectivity index is 1.37. The maximum absolute atomic E-state index is 13.3. The lowest BCUT2D eigenvalue weighted by molar-refractivity contribution is -0.0506. The lowest BCUT2D eigenvalue weighted by Gasteiger charge is -2.34.